The lowest BCUT2D eigenvalue weighted by Gasteiger charge is -2.43. The minimum Gasteiger partial charge on any atom is -0.444 e. The average Bonchev–Trinajstić information content (AvgIpc) is 3.06. The van der Waals surface area contributed by atoms with Crippen LogP contribution >= 0.6 is 0 Å². The van der Waals surface area contributed by atoms with E-state index < -0.39 is 5.60 Å². The molecule has 6 heteroatoms. The molecule has 2 aliphatic heterocycles. The lowest BCUT2D eigenvalue weighted by Crippen LogP contribution is -2.58. The van der Waals surface area contributed by atoms with E-state index in [0.717, 1.165) is 30.5 Å². The molecule has 1 aromatic heterocycles. The topological polar surface area (TPSA) is 54.9 Å². The molecule has 0 unspecified atom stereocenters. The molecule has 0 spiro atoms. The van der Waals surface area contributed by atoms with Crippen LogP contribution in [0.3, 0.4) is 0 Å². The molecular formula is C24H37N3O3. The second-order valence-corrected chi connectivity index (χ2v) is 10.3. The van der Waals surface area contributed by atoms with Gasteiger partial charge in [-0.05, 0) is 64.5 Å². The summed E-state index contributed by atoms with van der Waals surface area (Å²) in [7, 11) is 0. The Hall–Kier alpha value is -1.82. The van der Waals surface area contributed by atoms with Crippen LogP contribution in [0.15, 0.2) is 12.1 Å². The van der Waals surface area contributed by atoms with Crippen molar-refractivity contribution < 1.29 is 14.3 Å². The molecule has 1 saturated carbocycles. The van der Waals surface area contributed by atoms with Crippen molar-refractivity contribution in [2.45, 2.75) is 90.5 Å². The second kappa shape index (κ2) is 8.74. The minimum atomic E-state index is -0.468. The highest BCUT2D eigenvalue weighted by atomic mass is 16.6. The number of rotatable bonds is 4. The van der Waals surface area contributed by atoms with Crippen LogP contribution in [0.25, 0.3) is 0 Å². The highest BCUT2D eigenvalue weighted by molar-refractivity contribution is 5.69. The Bertz CT molecular complexity index is 755. The summed E-state index contributed by atoms with van der Waals surface area (Å²) in [4.78, 5) is 21.8. The van der Waals surface area contributed by atoms with Gasteiger partial charge in [-0.3, -0.25) is 0 Å². The van der Waals surface area contributed by atoms with E-state index in [1.807, 2.05) is 25.7 Å². The number of carbonyl (C=O) groups excluding carboxylic acids is 1. The van der Waals surface area contributed by atoms with Gasteiger partial charge in [0.1, 0.15) is 11.4 Å². The van der Waals surface area contributed by atoms with Crippen LogP contribution in [0, 0.1) is 5.92 Å². The summed E-state index contributed by atoms with van der Waals surface area (Å²) >= 11 is 0. The van der Waals surface area contributed by atoms with E-state index in [9.17, 15) is 4.79 Å². The van der Waals surface area contributed by atoms with Crippen LogP contribution in [0.5, 0.6) is 0 Å². The molecule has 2 fully saturated rings. The standard InChI is InChI=1S/C24H37N3O3/c1-17-13-26(23(28)30-24(2,3)4)14-21-12-19-10-11-20(25-22(19)27(17)21)16-29-15-18-8-6-5-7-9-18/h10-11,17-18,21H,5-9,12-16H2,1-4H3/t17-,21-/m1/s1. The molecule has 4 rings (SSSR count). The molecule has 0 N–H and O–H groups in total. The summed E-state index contributed by atoms with van der Waals surface area (Å²) in [6.07, 6.45) is 7.39. The number of hydrogen-bond donors (Lipinski definition) is 0. The van der Waals surface area contributed by atoms with Crippen molar-refractivity contribution in [3.63, 3.8) is 0 Å². The number of anilines is 1. The van der Waals surface area contributed by atoms with Crippen LogP contribution in [0.2, 0.25) is 0 Å². The molecule has 166 valence electrons. The zero-order valence-corrected chi connectivity index (χ0v) is 19.0. The molecule has 1 amide bonds. The summed E-state index contributed by atoms with van der Waals surface area (Å²) < 4.78 is 11.6. The largest absolute Gasteiger partial charge is 0.444 e. The number of aromatic nitrogens is 1. The van der Waals surface area contributed by atoms with Crippen molar-refractivity contribution in [1.82, 2.24) is 9.88 Å². The fourth-order valence-corrected chi connectivity index (χ4v) is 5.12. The number of piperazine rings is 1. The van der Waals surface area contributed by atoms with E-state index in [2.05, 4.69) is 24.0 Å². The van der Waals surface area contributed by atoms with Gasteiger partial charge in [0.25, 0.3) is 0 Å². The number of carbonyl (C=O) groups is 1. The normalized spacial score (nSPS) is 24.5. The van der Waals surface area contributed by atoms with Crippen LogP contribution in [0.4, 0.5) is 10.6 Å². The van der Waals surface area contributed by atoms with Crippen molar-refractivity contribution in [1.29, 1.82) is 0 Å². The lowest BCUT2D eigenvalue weighted by molar-refractivity contribution is 0.0191. The summed E-state index contributed by atoms with van der Waals surface area (Å²) in [5.41, 5.74) is 1.81. The first-order chi connectivity index (χ1) is 14.3. The van der Waals surface area contributed by atoms with Crippen molar-refractivity contribution in [3.05, 3.63) is 23.4 Å². The number of amides is 1. The van der Waals surface area contributed by atoms with Crippen molar-refractivity contribution in [2.24, 2.45) is 5.92 Å². The summed E-state index contributed by atoms with van der Waals surface area (Å²) in [6.45, 7) is 10.7. The molecule has 6 nitrogen and oxygen atoms in total. The highest BCUT2D eigenvalue weighted by Gasteiger charge is 2.41. The summed E-state index contributed by atoms with van der Waals surface area (Å²) in [5, 5.41) is 0. The van der Waals surface area contributed by atoms with E-state index in [0.29, 0.717) is 19.7 Å². The van der Waals surface area contributed by atoms with E-state index in [1.165, 1.54) is 37.7 Å². The predicted molar refractivity (Wildman–Crippen MR) is 118 cm³/mol. The van der Waals surface area contributed by atoms with E-state index in [1.54, 1.807) is 0 Å². The molecule has 0 aromatic carbocycles. The molecule has 3 heterocycles. The van der Waals surface area contributed by atoms with Gasteiger partial charge in [0, 0.05) is 25.7 Å². The zero-order valence-electron chi connectivity index (χ0n) is 19.0. The van der Waals surface area contributed by atoms with Gasteiger partial charge < -0.3 is 19.3 Å². The Morgan fingerprint density at radius 3 is 2.67 bits per heavy atom. The predicted octanol–water partition coefficient (Wildman–Crippen LogP) is 4.55. The maximum atomic E-state index is 12.6. The van der Waals surface area contributed by atoms with Crippen LogP contribution in [0.1, 0.15) is 71.1 Å². The zero-order chi connectivity index (χ0) is 21.3. The monoisotopic (exact) mass is 415 g/mol. The van der Waals surface area contributed by atoms with Gasteiger partial charge in [0.2, 0.25) is 0 Å². The molecule has 0 bridgehead atoms. The van der Waals surface area contributed by atoms with Gasteiger partial charge in [-0.2, -0.15) is 0 Å². The first kappa shape index (κ1) is 21.4. The Kier molecular flexibility index (Phi) is 6.24. The fraction of sp³-hybridized carbons (Fsp3) is 0.750. The van der Waals surface area contributed by atoms with Gasteiger partial charge in [0.15, 0.2) is 0 Å². The SMILES string of the molecule is C[C@@H]1CN(C(=O)OC(C)(C)C)C[C@H]2Cc3ccc(COCC4CCCCC4)nc3N21. The van der Waals surface area contributed by atoms with Gasteiger partial charge in [-0.1, -0.05) is 25.3 Å². The van der Waals surface area contributed by atoms with Gasteiger partial charge >= 0.3 is 6.09 Å². The number of pyridine rings is 1. The third kappa shape index (κ3) is 4.90. The molecule has 3 aliphatic rings. The molecular weight excluding hydrogens is 378 g/mol. The van der Waals surface area contributed by atoms with E-state index in [-0.39, 0.29) is 18.2 Å². The second-order valence-electron chi connectivity index (χ2n) is 10.3. The molecule has 1 aliphatic carbocycles. The summed E-state index contributed by atoms with van der Waals surface area (Å²) in [6, 6.07) is 4.78. The molecule has 0 radical (unpaired) electrons. The Morgan fingerprint density at radius 2 is 1.93 bits per heavy atom. The molecule has 30 heavy (non-hydrogen) atoms. The van der Waals surface area contributed by atoms with Crippen molar-refractivity contribution >= 4 is 11.9 Å². The van der Waals surface area contributed by atoms with E-state index >= 15 is 0 Å². The number of fused-ring (bicyclic) bond motifs is 3. The Morgan fingerprint density at radius 1 is 1.17 bits per heavy atom. The highest BCUT2D eigenvalue weighted by Crippen LogP contribution is 2.35. The van der Waals surface area contributed by atoms with Gasteiger partial charge in [-0.25, -0.2) is 9.78 Å². The smallest absolute Gasteiger partial charge is 0.410 e. The third-order valence-electron chi connectivity index (χ3n) is 6.48. The minimum absolute atomic E-state index is 0.212. The first-order valence-corrected chi connectivity index (χ1v) is 11.6. The van der Waals surface area contributed by atoms with Crippen LogP contribution < -0.4 is 4.90 Å². The van der Waals surface area contributed by atoms with Gasteiger partial charge in [-0.15, -0.1) is 0 Å². The molecule has 2 atom stereocenters. The number of ether oxygens (including phenoxy) is 2. The Balaban J connectivity index is 1.37. The van der Waals surface area contributed by atoms with Crippen LogP contribution in [-0.2, 0) is 22.5 Å². The van der Waals surface area contributed by atoms with Crippen LogP contribution in [-0.4, -0.2) is 53.4 Å². The average molecular weight is 416 g/mol. The Labute approximate surface area is 180 Å². The molecule has 1 aromatic rings. The number of hydrogen-bond acceptors (Lipinski definition) is 5. The molecule has 1 saturated heterocycles. The third-order valence-corrected chi connectivity index (χ3v) is 6.48. The lowest BCUT2D eigenvalue weighted by atomic mass is 9.90. The van der Waals surface area contributed by atoms with Crippen molar-refractivity contribution in [2.75, 3.05) is 24.6 Å². The van der Waals surface area contributed by atoms with Crippen molar-refractivity contribution in [3.8, 4) is 0 Å². The van der Waals surface area contributed by atoms with E-state index in [4.69, 9.17) is 14.5 Å². The quantitative estimate of drug-likeness (QED) is 0.722. The summed E-state index contributed by atoms with van der Waals surface area (Å²) in [5.74, 6) is 1.80. The number of nitrogens with zero attached hydrogens (tertiary/aromatic N) is 3. The maximum absolute atomic E-state index is 12.6. The van der Waals surface area contributed by atoms with Gasteiger partial charge in [0.05, 0.1) is 18.3 Å². The maximum Gasteiger partial charge on any atom is 0.410 e. The first-order valence-electron chi connectivity index (χ1n) is 11.6. The fourth-order valence-electron chi connectivity index (χ4n) is 5.12.